The molecule has 1 unspecified atom stereocenters. The maximum atomic E-state index is 12.3. The van der Waals surface area contributed by atoms with Crippen LogP contribution in [0, 0.1) is 16.0 Å². The highest BCUT2D eigenvalue weighted by molar-refractivity contribution is 7.89. The molecule has 1 rings (SSSR count). The molecule has 0 saturated heterocycles. The van der Waals surface area contributed by atoms with Gasteiger partial charge in [-0.25, -0.2) is 13.1 Å². The number of nitrogens with zero attached hydrogens (tertiary/aromatic N) is 1. The predicted molar refractivity (Wildman–Crippen MR) is 80.1 cm³/mol. The molecule has 4 N–H and O–H groups in total. The number of hydrazine groups is 1. The Morgan fingerprint density at radius 1 is 1.33 bits per heavy atom. The molecule has 9 heteroatoms. The Balaban J connectivity index is 3.17. The molecule has 0 bridgehead atoms. The molecule has 0 spiro atoms. The highest BCUT2D eigenvalue weighted by Gasteiger charge is 2.24. The maximum absolute atomic E-state index is 12.3. The fourth-order valence-electron chi connectivity index (χ4n) is 2.05. The molecule has 1 aromatic carbocycles. The molecule has 0 heterocycles. The first-order chi connectivity index (χ1) is 9.67. The van der Waals surface area contributed by atoms with Crippen molar-refractivity contribution < 1.29 is 13.3 Å². The van der Waals surface area contributed by atoms with Gasteiger partial charge in [0.1, 0.15) is 4.90 Å². The van der Waals surface area contributed by atoms with Crippen molar-refractivity contribution in [1.82, 2.24) is 4.72 Å². The summed E-state index contributed by atoms with van der Waals surface area (Å²) >= 11 is 0. The van der Waals surface area contributed by atoms with Gasteiger partial charge in [0.25, 0.3) is 5.69 Å². The quantitative estimate of drug-likeness (QED) is 0.398. The third-order valence-electron chi connectivity index (χ3n) is 2.80. The van der Waals surface area contributed by atoms with Crippen LogP contribution in [-0.2, 0) is 10.0 Å². The van der Waals surface area contributed by atoms with Gasteiger partial charge in [-0.05, 0) is 25.3 Å². The molecule has 0 amide bonds. The molecule has 1 atom stereocenters. The minimum atomic E-state index is -3.90. The number of hydrogen-bond donors (Lipinski definition) is 3. The van der Waals surface area contributed by atoms with Crippen LogP contribution in [0.1, 0.15) is 27.2 Å². The smallest absolute Gasteiger partial charge is 0.270 e. The molecule has 8 nitrogen and oxygen atoms in total. The van der Waals surface area contributed by atoms with Gasteiger partial charge in [-0.1, -0.05) is 13.8 Å². The first-order valence-corrected chi connectivity index (χ1v) is 7.93. The van der Waals surface area contributed by atoms with Crippen LogP contribution in [0.25, 0.3) is 0 Å². The van der Waals surface area contributed by atoms with Gasteiger partial charge >= 0.3 is 0 Å². The highest BCUT2D eigenvalue weighted by Crippen LogP contribution is 2.26. The molecule has 0 aromatic heterocycles. The molecular weight excluding hydrogens is 296 g/mol. The fourth-order valence-corrected chi connectivity index (χ4v) is 3.50. The lowest BCUT2D eigenvalue weighted by molar-refractivity contribution is -0.385. The Hall–Kier alpha value is -1.71. The number of rotatable bonds is 7. The van der Waals surface area contributed by atoms with E-state index in [-0.39, 0.29) is 22.3 Å². The van der Waals surface area contributed by atoms with Crippen molar-refractivity contribution in [1.29, 1.82) is 0 Å². The van der Waals surface area contributed by atoms with E-state index in [2.05, 4.69) is 10.1 Å². The standard InChI is InChI=1S/C12H20N4O4S/c1-8(2)6-9(3)15-21(19,20)12-7-10(16(17)18)4-5-11(12)14-13/h4-5,7-9,14-15H,6,13H2,1-3H3. The number of benzene rings is 1. The van der Waals surface area contributed by atoms with Crippen LogP contribution >= 0.6 is 0 Å². The fraction of sp³-hybridized carbons (Fsp3) is 0.500. The molecule has 0 aliphatic heterocycles. The van der Waals surface area contributed by atoms with E-state index >= 15 is 0 Å². The van der Waals surface area contributed by atoms with E-state index in [9.17, 15) is 18.5 Å². The Bertz CT molecular complexity index is 616. The molecule has 1 aromatic rings. The lowest BCUT2D eigenvalue weighted by Crippen LogP contribution is -2.34. The molecule has 0 fully saturated rings. The highest BCUT2D eigenvalue weighted by atomic mass is 32.2. The summed E-state index contributed by atoms with van der Waals surface area (Å²) in [5.74, 6) is 5.59. The van der Waals surface area contributed by atoms with Crippen molar-refractivity contribution in [2.45, 2.75) is 38.1 Å². The van der Waals surface area contributed by atoms with Crippen LogP contribution in [0.5, 0.6) is 0 Å². The molecule has 0 radical (unpaired) electrons. The van der Waals surface area contributed by atoms with E-state index in [0.717, 1.165) is 6.07 Å². The maximum Gasteiger partial charge on any atom is 0.270 e. The first-order valence-electron chi connectivity index (χ1n) is 6.44. The number of nitrogens with one attached hydrogen (secondary N) is 2. The summed E-state index contributed by atoms with van der Waals surface area (Å²) in [4.78, 5) is 9.89. The van der Waals surface area contributed by atoms with Crippen LogP contribution in [0.2, 0.25) is 0 Å². The van der Waals surface area contributed by atoms with Crippen LogP contribution in [-0.4, -0.2) is 19.4 Å². The Labute approximate surface area is 123 Å². The van der Waals surface area contributed by atoms with Gasteiger partial charge in [0.2, 0.25) is 10.0 Å². The molecule has 0 saturated carbocycles. The number of hydrogen-bond acceptors (Lipinski definition) is 6. The predicted octanol–water partition coefficient (Wildman–Crippen LogP) is 1.59. The van der Waals surface area contributed by atoms with Gasteiger partial charge in [-0.2, -0.15) is 0 Å². The number of anilines is 1. The summed E-state index contributed by atoms with van der Waals surface area (Å²) in [7, 11) is -3.90. The van der Waals surface area contributed by atoms with E-state index in [0.29, 0.717) is 12.3 Å². The van der Waals surface area contributed by atoms with Crippen molar-refractivity contribution in [2.75, 3.05) is 5.43 Å². The number of nitro groups is 1. The second kappa shape index (κ2) is 6.83. The monoisotopic (exact) mass is 316 g/mol. The van der Waals surface area contributed by atoms with E-state index in [4.69, 9.17) is 5.84 Å². The largest absolute Gasteiger partial charge is 0.323 e. The molecule has 0 aliphatic carbocycles. The average Bonchev–Trinajstić information content (AvgIpc) is 2.36. The SMILES string of the molecule is CC(C)CC(C)NS(=O)(=O)c1cc([N+](=O)[O-])ccc1NN. The Morgan fingerprint density at radius 3 is 2.43 bits per heavy atom. The zero-order valence-corrected chi connectivity index (χ0v) is 13.0. The van der Waals surface area contributed by atoms with Crippen LogP contribution < -0.4 is 16.0 Å². The summed E-state index contributed by atoms with van der Waals surface area (Å²) in [6.45, 7) is 5.69. The Morgan fingerprint density at radius 2 is 1.95 bits per heavy atom. The normalized spacial score (nSPS) is 13.2. The minimum absolute atomic E-state index is 0.102. The number of nitrogen functional groups attached to an aromatic ring is 1. The van der Waals surface area contributed by atoms with Gasteiger partial charge in [0, 0.05) is 18.2 Å². The number of non-ortho nitro benzene ring substituents is 1. The summed E-state index contributed by atoms with van der Waals surface area (Å²) in [5.41, 5.74) is 2.03. The molecule has 0 aliphatic rings. The Kier molecular flexibility index (Phi) is 5.64. The van der Waals surface area contributed by atoms with E-state index in [1.807, 2.05) is 13.8 Å². The van der Waals surface area contributed by atoms with Gasteiger partial charge in [-0.3, -0.25) is 16.0 Å². The van der Waals surface area contributed by atoms with Gasteiger partial charge < -0.3 is 5.43 Å². The topological polar surface area (TPSA) is 127 Å². The molecular formula is C12H20N4O4S. The zero-order valence-electron chi connectivity index (χ0n) is 12.2. The molecule has 118 valence electrons. The lowest BCUT2D eigenvalue weighted by atomic mass is 10.1. The number of nitro benzene ring substituents is 1. The second-order valence-electron chi connectivity index (χ2n) is 5.23. The van der Waals surface area contributed by atoms with E-state index < -0.39 is 14.9 Å². The summed E-state index contributed by atoms with van der Waals surface area (Å²) in [5, 5.41) is 10.8. The van der Waals surface area contributed by atoms with E-state index in [1.54, 1.807) is 6.92 Å². The van der Waals surface area contributed by atoms with Crippen molar-refractivity contribution in [3.8, 4) is 0 Å². The molecule has 21 heavy (non-hydrogen) atoms. The van der Waals surface area contributed by atoms with Crippen LogP contribution in [0.4, 0.5) is 11.4 Å². The van der Waals surface area contributed by atoms with Gasteiger partial charge in [0.05, 0.1) is 10.6 Å². The average molecular weight is 316 g/mol. The summed E-state index contributed by atoms with van der Waals surface area (Å²) < 4.78 is 27.2. The van der Waals surface area contributed by atoms with Crippen molar-refractivity contribution >= 4 is 21.4 Å². The third kappa shape index (κ3) is 4.66. The second-order valence-corrected chi connectivity index (χ2v) is 6.92. The summed E-state index contributed by atoms with van der Waals surface area (Å²) in [6.07, 6.45) is 0.652. The number of nitrogens with two attached hydrogens (primary N) is 1. The lowest BCUT2D eigenvalue weighted by Gasteiger charge is -2.17. The van der Waals surface area contributed by atoms with Gasteiger partial charge in [0.15, 0.2) is 0 Å². The zero-order chi connectivity index (χ0) is 16.2. The van der Waals surface area contributed by atoms with Gasteiger partial charge in [-0.15, -0.1) is 0 Å². The van der Waals surface area contributed by atoms with Crippen molar-refractivity contribution in [3.05, 3.63) is 28.3 Å². The van der Waals surface area contributed by atoms with Crippen LogP contribution in [0.15, 0.2) is 23.1 Å². The van der Waals surface area contributed by atoms with Crippen molar-refractivity contribution in [3.63, 3.8) is 0 Å². The number of sulfonamides is 1. The first kappa shape index (κ1) is 17.3. The summed E-state index contributed by atoms with van der Waals surface area (Å²) in [6, 6.07) is 3.14. The third-order valence-corrected chi connectivity index (χ3v) is 4.43. The van der Waals surface area contributed by atoms with E-state index in [1.165, 1.54) is 12.1 Å². The van der Waals surface area contributed by atoms with Crippen LogP contribution in [0.3, 0.4) is 0 Å². The van der Waals surface area contributed by atoms with Crippen molar-refractivity contribution in [2.24, 2.45) is 11.8 Å². The minimum Gasteiger partial charge on any atom is -0.323 e.